The smallest absolute Gasteiger partial charge is 0.0466 e. The number of aryl methyl sites for hydroxylation is 2. The van der Waals surface area contributed by atoms with Gasteiger partial charge in [-0.25, -0.2) is 0 Å². The summed E-state index contributed by atoms with van der Waals surface area (Å²) in [5.41, 5.74) is 9.59. The normalized spacial score (nSPS) is 10.6. The van der Waals surface area contributed by atoms with Crippen LogP contribution < -0.4 is 5.32 Å². The van der Waals surface area contributed by atoms with Crippen LogP contribution in [0.1, 0.15) is 11.1 Å². The first-order chi connectivity index (χ1) is 13.2. The number of hydrogen-bond donors (Lipinski definition) is 1. The van der Waals surface area contributed by atoms with Crippen LogP contribution in [0.4, 0.5) is 11.4 Å². The van der Waals surface area contributed by atoms with Crippen molar-refractivity contribution >= 4 is 11.4 Å². The summed E-state index contributed by atoms with van der Waals surface area (Å²) in [7, 11) is 0. The second kappa shape index (κ2) is 7.51. The first kappa shape index (κ1) is 17.1. The predicted octanol–water partition coefficient (Wildman–Crippen LogP) is 7.38. The fourth-order valence-electron chi connectivity index (χ4n) is 3.41. The summed E-state index contributed by atoms with van der Waals surface area (Å²) in [5.74, 6) is 0. The van der Waals surface area contributed by atoms with Crippen LogP contribution in [-0.4, -0.2) is 0 Å². The quantitative estimate of drug-likeness (QED) is 0.405. The zero-order valence-electron chi connectivity index (χ0n) is 15.7. The molecule has 4 aromatic carbocycles. The predicted molar refractivity (Wildman–Crippen MR) is 117 cm³/mol. The lowest BCUT2D eigenvalue weighted by atomic mass is 9.99. The molecule has 0 aromatic heterocycles. The van der Waals surface area contributed by atoms with Crippen molar-refractivity contribution in [1.82, 2.24) is 0 Å². The molecule has 0 amide bonds. The number of hydrogen-bond acceptors (Lipinski definition) is 1. The molecule has 0 aliphatic heterocycles. The first-order valence-corrected chi connectivity index (χ1v) is 9.30. The van der Waals surface area contributed by atoms with Crippen LogP contribution >= 0.6 is 0 Å². The van der Waals surface area contributed by atoms with Crippen LogP contribution in [0.3, 0.4) is 0 Å². The highest BCUT2D eigenvalue weighted by Crippen LogP contribution is 2.35. The molecular formula is C26H23N. The van der Waals surface area contributed by atoms with Crippen molar-refractivity contribution in [2.75, 3.05) is 5.32 Å². The molecule has 4 rings (SSSR count). The van der Waals surface area contributed by atoms with Crippen LogP contribution in [0.5, 0.6) is 0 Å². The summed E-state index contributed by atoms with van der Waals surface area (Å²) in [6, 6.07) is 34.3. The molecule has 0 bridgehead atoms. The van der Waals surface area contributed by atoms with E-state index in [1.807, 2.05) is 0 Å². The van der Waals surface area contributed by atoms with Gasteiger partial charge in [-0.15, -0.1) is 0 Å². The Bertz CT molecular complexity index is 963. The van der Waals surface area contributed by atoms with Crippen molar-refractivity contribution in [3.05, 3.63) is 108 Å². The summed E-state index contributed by atoms with van der Waals surface area (Å²) in [6.45, 7) is 4.27. The third-order valence-electron chi connectivity index (χ3n) is 4.79. The van der Waals surface area contributed by atoms with Crippen LogP contribution in [0.2, 0.25) is 0 Å². The van der Waals surface area contributed by atoms with E-state index in [1.165, 1.54) is 33.4 Å². The minimum Gasteiger partial charge on any atom is -0.354 e. The number of nitrogens with one attached hydrogen (secondary N) is 1. The Labute approximate surface area is 161 Å². The molecule has 1 nitrogen and oxygen atoms in total. The Hall–Kier alpha value is -3.32. The topological polar surface area (TPSA) is 12.0 Å². The van der Waals surface area contributed by atoms with Gasteiger partial charge in [-0.05, 0) is 48.2 Å². The first-order valence-electron chi connectivity index (χ1n) is 9.30. The van der Waals surface area contributed by atoms with Crippen LogP contribution in [0.25, 0.3) is 22.3 Å². The highest BCUT2D eigenvalue weighted by Gasteiger charge is 2.10. The largest absolute Gasteiger partial charge is 0.354 e. The summed E-state index contributed by atoms with van der Waals surface area (Å²) in [6.07, 6.45) is 0. The van der Waals surface area contributed by atoms with Gasteiger partial charge in [0.2, 0.25) is 0 Å². The Morgan fingerprint density at radius 1 is 0.481 bits per heavy atom. The van der Waals surface area contributed by atoms with Gasteiger partial charge in [-0.3, -0.25) is 0 Å². The summed E-state index contributed by atoms with van der Waals surface area (Å²) < 4.78 is 0. The number of rotatable bonds is 4. The van der Waals surface area contributed by atoms with Crippen molar-refractivity contribution in [1.29, 1.82) is 0 Å². The molecule has 0 spiro atoms. The lowest BCUT2D eigenvalue weighted by Crippen LogP contribution is -1.97. The van der Waals surface area contributed by atoms with Crippen LogP contribution in [0.15, 0.2) is 97.1 Å². The minimum absolute atomic E-state index is 1.13. The highest BCUT2D eigenvalue weighted by atomic mass is 14.9. The molecule has 132 valence electrons. The van der Waals surface area contributed by atoms with E-state index < -0.39 is 0 Å². The van der Waals surface area contributed by atoms with E-state index in [-0.39, 0.29) is 0 Å². The van der Waals surface area contributed by atoms with Crippen molar-refractivity contribution in [2.45, 2.75) is 13.8 Å². The molecule has 0 atom stereocenters. The Kier molecular flexibility index (Phi) is 4.76. The lowest BCUT2D eigenvalue weighted by molar-refractivity contribution is 1.42. The van der Waals surface area contributed by atoms with Crippen LogP contribution in [0, 0.1) is 13.8 Å². The molecule has 0 saturated heterocycles. The van der Waals surface area contributed by atoms with Gasteiger partial charge >= 0.3 is 0 Å². The van der Waals surface area contributed by atoms with E-state index in [4.69, 9.17) is 0 Å². The second-order valence-electron chi connectivity index (χ2n) is 6.96. The monoisotopic (exact) mass is 349 g/mol. The summed E-state index contributed by atoms with van der Waals surface area (Å²) in [5, 5.41) is 3.72. The van der Waals surface area contributed by atoms with E-state index in [0.29, 0.717) is 0 Å². The molecule has 27 heavy (non-hydrogen) atoms. The molecule has 1 N–H and O–H groups in total. The molecule has 1 heteroatoms. The van der Waals surface area contributed by atoms with Gasteiger partial charge in [0.15, 0.2) is 0 Å². The van der Waals surface area contributed by atoms with Gasteiger partial charge in [-0.1, -0.05) is 84.9 Å². The number of benzene rings is 4. The second-order valence-corrected chi connectivity index (χ2v) is 6.96. The Morgan fingerprint density at radius 2 is 0.889 bits per heavy atom. The van der Waals surface area contributed by atoms with Crippen molar-refractivity contribution in [3.63, 3.8) is 0 Å². The SMILES string of the molecule is Cc1ccc(-c2ccccc2)c(Nc2cc(C)ccc2-c2ccccc2)c1. The molecule has 0 heterocycles. The van der Waals surface area contributed by atoms with Crippen molar-refractivity contribution in [2.24, 2.45) is 0 Å². The molecule has 0 unspecified atom stereocenters. The Morgan fingerprint density at radius 3 is 1.30 bits per heavy atom. The fourth-order valence-corrected chi connectivity index (χ4v) is 3.41. The van der Waals surface area contributed by atoms with E-state index in [1.54, 1.807) is 0 Å². The van der Waals surface area contributed by atoms with Crippen LogP contribution in [-0.2, 0) is 0 Å². The molecule has 4 aromatic rings. The van der Waals surface area contributed by atoms with Gasteiger partial charge in [0.05, 0.1) is 0 Å². The molecule has 0 radical (unpaired) electrons. The third kappa shape index (κ3) is 3.78. The average Bonchev–Trinajstić information content (AvgIpc) is 2.70. The zero-order valence-corrected chi connectivity index (χ0v) is 15.7. The van der Waals surface area contributed by atoms with Crippen molar-refractivity contribution in [3.8, 4) is 22.3 Å². The van der Waals surface area contributed by atoms with E-state index in [0.717, 1.165) is 11.4 Å². The molecule has 0 saturated carbocycles. The summed E-state index contributed by atoms with van der Waals surface area (Å²) >= 11 is 0. The highest BCUT2D eigenvalue weighted by molar-refractivity contribution is 5.87. The zero-order chi connectivity index (χ0) is 18.6. The average molecular weight is 349 g/mol. The Balaban J connectivity index is 1.82. The van der Waals surface area contributed by atoms with Gasteiger partial charge in [-0.2, -0.15) is 0 Å². The maximum atomic E-state index is 3.72. The molecule has 0 fully saturated rings. The van der Waals surface area contributed by atoms with Gasteiger partial charge in [0.25, 0.3) is 0 Å². The van der Waals surface area contributed by atoms with E-state index in [9.17, 15) is 0 Å². The third-order valence-corrected chi connectivity index (χ3v) is 4.79. The minimum atomic E-state index is 1.13. The van der Waals surface area contributed by atoms with Gasteiger partial charge < -0.3 is 5.32 Å². The molecule has 0 aliphatic rings. The van der Waals surface area contributed by atoms with E-state index in [2.05, 4.69) is 116 Å². The van der Waals surface area contributed by atoms with Gasteiger partial charge in [0, 0.05) is 22.5 Å². The van der Waals surface area contributed by atoms with Gasteiger partial charge in [0.1, 0.15) is 0 Å². The molecule has 0 aliphatic carbocycles. The fraction of sp³-hybridized carbons (Fsp3) is 0.0769. The van der Waals surface area contributed by atoms with Crippen molar-refractivity contribution < 1.29 is 0 Å². The standard InChI is InChI=1S/C26H23N/c1-19-13-15-23(21-9-5-3-6-10-21)25(17-19)27-26-18-20(2)14-16-24(26)22-11-7-4-8-12-22/h3-18,27H,1-2H3. The summed E-state index contributed by atoms with van der Waals surface area (Å²) in [4.78, 5) is 0. The maximum Gasteiger partial charge on any atom is 0.0466 e. The van der Waals surface area contributed by atoms with E-state index >= 15 is 0 Å². The lowest BCUT2D eigenvalue weighted by Gasteiger charge is -2.17. The maximum absolute atomic E-state index is 3.72. The number of anilines is 2. The molecular weight excluding hydrogens is 326 g/mol.